The van der Waals surface area contributed by atoms with E-state index >= 15 is 8.78 Å². The first kappa shape index (κ1) is 36.0. The van der Waals surface area contributed by atoms with Crippen molar-refractivity contribution in [3.63, 3.8) is 0 Å². The number of alkyl halides is 2. The largest absolute Gasteiger partial charge is 0.445 e. The van der Waals surface area contributed by atoms with Crippen molar-refractivity contribution in [3.8, 4) is 0 Å². The molecular weight excluding hydrogens is 674 g/mol. The van der Waals surface area contributed by atoms with Crippen LogP contribution in [0.3, 0.4) is 0 Å². The molecule has 0 aromatic heterocycles. The number of benzene rings is 2. The second-order valence-electron chi connectivity index (χ2n) is 14.7. The van der Waals surface area contributed by atoms with E-state index in [0.29, 0.717) is 82.4 Å². The molecule has 5 heterocycles. The third-order valence-electron chi connectivity index (χ3n) is 11.4. The number of halogens is 2. The Morgan fingerprint density at radius 1 is 0.788 bits per heavy atom. The highest BCUT2D eigenvalue weighted by atomic mass is 19.3. The molecule has 1 atom stereocenters. The number of ether oxygens (including phenoxy) is 1. The molecule has 12 nitrogen and oxygen atoms in total. The molecule has 1 unspecified atom stereocenters. The lowest BCUT2D eigenvalue weighted by atomic mass is 9.88. The molecule has 2 aromatic rings. The Balaban J connectivity index is 0.843. The summed E-state index contributed by atoms with van der Waals surface area (Å²) in [6.07, 6.45) is 2.37. The van der Waals surface area contributed by atoms with Gasteiger partial charge in [-0.15, -0.1) is 0 Å². The van der Waals surface area contributed by atoms with Crippen LogP contribution in [-0.4, -0.2) is 127 Å². The van der Waals surface area contributed by atoms with Crippen molar-refractivity contribution in [2.45, 2.75) is 57.1 Å². The van der Waals surface area contributed by atoms with Gasteiger partial charge in [0.2, 0.25) is 11.8 Å². The maximum atomic E-state index is 15.5. The highest BCUT2D eigenvalue weighted by molar-refractivity contribution is 6.25. The average Bonchev–Trinajstić information content (AvgIpc) is 3.40. The number of likely N-dealkylation sites (tertiary alicyclic amines) is 1. The number of hydrogen-bond donors (Lipinski definition) is 1. The molecule has 14 heteroatoms. The normalized spacial score (nSPS) is 22.9. The summed E-state index contributed by atoms with van der Waals surface area (Å²) >= 11 is 0. The van der Waals surface area contributed by atoms with Gasteiger partial charge in [0.1, 0.15) is 12.6 Å². The van der Waals surface area contributed by atoms with Gasteiger partial charge < -0.3 is 19.4 Å². The topological polar surface area (TPSA) is 123 Å². The molecule has 0 bridgehead atoms. The van der Waals surface area contributed by atoms with Crippen LogP contribution in [0.25, 0.3) is 0 Å². The third-order valence-corrected chi connectivity index (χ3v) is 11.4. The quantitative estimate of drug-likeness (QED) is 0.388. The number of amides is 5. The number of carbonyl (C=O) groups is 5. The summed E-state index contributed by atoms with van der Waals surface area (Å²) < 4.78 is 36.4. The molecule has 0 saturated carbocycles. The average molecular weight is 721 g/mol. The summed E-state index contributed by atoms with van der Waals surface area (Å²) in [7, 11) is 0. The van der Waals surface area contributed by atoms with Crippen LogP contribution in [0.15, 0.2) is 48.5 Å². The summed E-state index contributed by atoms with van der Waals surface area (Å²) in [5.74, 6) is -5.16. The van der Waals surface area contributed by atoms with Crippen LogP contribution in [0.4, 0.5) is 19.3 Å². The zero-order chi connectivity index (χ0) is 36.4. The minimum atomic E-state index is -2.81. The molecular formula is C38H46F2N6O6. The molecule has 7 rings (SSSR count). The Kier molecular flexibility index (Phi) is 10.6. The van der Waals surface area contributed by atoms with Crippen LogP contribution in [-0.2, 0) is 20.9 Å². The molecule has 5 amide bonds. The molecule has 278 valence electrons. The molecule has 0 aliphatic carbocycles. The molecule has 0 radical (unpaired) electrons. The summed E-state index contributed by atoms with van der Waals surface area (Å²) in [5, 5.41) is 2.24. The molecule has 5 aliphatic rings. The maximum Gasteiger partial charge on any atom is 0.410 e. The molecule has 5 aliphatic heterocycles. The fraction of sp³-hybridized carbons (Fsp3) is 0.553. The van der Waals surface area contributed by atoms with Crippen LogP contribution in [0.1, 0.15) is 64.8 Å². The second-order valence-corrected chi connectivity index (χ2v) is 14.7. The van der Waals surface area contributed by atoms with Crippen LogP contribution < -0.4 is 10.2 Å². The predicted octanol–water partition coefficient (Wildman–Crippen LogP) is 3.61. The van der Waals surface area contributed by atoms with E-state index in [1.807, 2.05) is 36.4 Å². The SMILES string of the molecule is O=C1CCC(N2C(=O)c3cccc(N4CCC(CN5CCC(C(F)(F)CN6CCN(C(=O)OCc7ccccc7)CC6)CC5)CC4)c3C2=O)C(=O)N1. The summed E-state index contributed by atoms with van der Waals surface area (Å²) in [4.78, 5) is 72.2. The first-order valence-electron chi connectivity index (χ1n) is 18.4. The number of piperazine rings is 1. The van der Waals surface area contributed by atoms with Crippen molar-refractivity contribution in [1.29, 1.82) is 0 Å². The number of carbonyl (C=O) groups excluding carboxylic acids is 5. The van der Waals surface area contributed by atoms with Gasteiger partial charge in [-0.05, 0) is 68.8 Å². The number of anilines is 1. The van der Waals surface area contributed by atoms with E-state index < -0.39 is 47.6 Å². The Morgan fingerprint density at radius 2 is 1.50 bits per heavy atom. The second kappa shape index (κ2) is 15.3. The van der Waals surface area contributed by atoms with Crippen LogP contribution in [0, 0.1) is 11.8 Å². The molecule has 4 saturated heterocycles. The zero-order valence-electron chi connectivity index (χ0n) is 29.3. The van der Waals surface area contributed by atoms with Gasteiger partial charge in [0, 0.05) is 58.2 Å². The molecule has 52 heavy (non-hydrogen) atoms. The van der Waals surface area contributed by atoms with Gasteiger partial charge in [0.25, 0.3) is 17.7 Å². The summed E-state index contributed by atoms with van der Waals surface area (Å²) in [5.41, 5.74) is 2.16. The van der Waals surface area contributed by atoms with Gasteiger partial charge in [-0.1, -0.05) is 36.4 Å². The van der Waals surface area contributed by atoms with E-state index in [4.69, 9.17) is 4.74 Å². The van der Waals surface area contributed by atoms with Gasteiger partial charge in [-0.3, -0.25) is 34.3 Å². The Bertz CT molecular complexity index is 1670. The fourth-order valence-electron chi connectivity index (χ4n) is 8.35. The van der Waals surface area contributed by atoms with Crippen molar-refractivity contribution >= 4 is 35.4 Å². The minimum absolute atomic E-state index is 0.0683. The van der Waals surface area contributed by atoms with E-state index in [-0.39, 0.29) is 31.6 Å². The number of hydrogen-bond acceptors (Lipinski definition) is 9. The smallest absolute Gasteiger partial charge is 0.410 e. The standard InChI is InChI=1S/C38H46F2N6O6/c39-38(40,25-43-19-21-45(22-20-43)37(51)52-24-27-5-2-1-3-6-27)28-13-15-42(16-14-28)23-26-11-17-44(18-12-26)30-8-4-7-29-33(30)36(50)46(35(29)49)31-9-10-32(47)41-34(31)48/h1-8,26,28,31H,9-25H2,(H,41,47,48). The van der Waals surface area contributed by atoms with Crippen molar-refractivity contribution < 1.29 is 37.5 Å². The van der Waals surface area contributed by atoms with Gasteiger partial charge in [-0.25, -0.2) is 13.6 Å². The third kappa shape index (κ3) is 7.68. The van der Waals surface area contributed by atoms with Crippen molar-refractivity contribution in [2.24, 2.45) is 11.8 Å². The monoisotopic (exact) mass is 720 g/mol. The Morgan fingerprint density at radius 3 is 2.19 bits per heavy atom. The van der Waals surface area contributed by atoms with E-state index in [9.17, 15) is 24.0 Å². The highest BCUT2D eigenvalue weighted by Crippen LogP contribution is 2.37. The minimum Gasteiger partial charge on any atom is -0.445 e. The van der Waals surface area contributed by atoms with Crippen molar-refractivity contribution in [1.82, 2.24) is 24.9 Å². The highest BCUT2D eigenvalue weighted by Gasteiger charge is 2.47. The van der Waals surface area contributed by atoms with Crippen LogP contribution in [0.2, 0.25) is 0 Å². The van der Waals surface area contributed by atoms with Crippen LogP contribution >= 0.6 is 0 Å². The number of piperidine rings is 3. The van der Waals surface area contributed by atoms with E-state index in [1.54, 1.807) is 21.9 Å². The molecule has 4 fully saturated rings. The molecule has 0 spiro atoms. The van der Waals surface area contributed by atoms with E-state index in [1.165, 1.54) is 0 Å². The number of rotatable bonds is 9. The first-order valence-corrected chi connectivity index (χ1v) is 18.4. The van der Waals surface area contributed by atoms with Crippen molar-refractivity contribution in [3.05, 3.63) is 65.2 Å². The summed E-state index contributed by atoms with van der Waals surface area (Å²) in [6.45, 7) is 4.86. The number of nitrogens with one attached hydrogen (secondary N) is 1. The number of fused-ring (bicyclic) bond motifs is 1. The molecule has 1 N–H and O–H groups in total. The number of imide groups is 2. The van der Waals surface area contributed by atoms with Gasteiger partial charge in [-0.2, -0.15) is 0 Å². The fourth-order valence-corrected chi connectivity index (χ4v) is 8.35. The zero-order valence-corrected chi connectivity index (χ0v) is 29.3. The van der Waals surface area contributed by atoms with E-state index in [2.05, 4.69) is 15.1 Å². The lowest BCUT2D eigenvalue weighted by molar-refractivity contribution is -0.136. The lowest BCUT2D eigenvalue weighted by Crippen LogP contribution is -2.54. The van der Waals surface area contributed by atoms with Crippen molar-refractivity contribution in [2.75, 3.05) is 70.3 Å². The first-order chi connectivity index (χ1) is 25.1. The summed E-state index contributed by atoms with van der Waals surface area (Å²) in [6, 6.07) is 13.6. The molecule has 2 aromatic carbocycles. The lowest BCUT2D eigenvalue weighted by Gasteiger charge is -2.41. The Labute approximate surface area is 302 Å². The predicted molar refractivity (Wildman–Crippen MR) is 187 cm³/mol. The van der Waals surface area contributed by atoms with Gasteiger partial charge in [0.15, 0.2) is 0 Å². The number of nitrogens with zero attached hydrogens (tertiary/aromatic N) is 5. The maximum absolute atomic E-state index is 15.5. The van der Waals surface area contributed by atoms with Gasteiger partial charge >= 0.3 is 6.09 Å². The van der Waals surface area contributed by atoms with Crippen LogP contribution in [0.5, 0.6) is 0 Å². The Hall–Kier alpha value is -4.43. The van der Waals surface area contributed by atoms with E-state index in [0.717, 1.165) is 29.8 Å². The van der Waals surface area contributed by atoms with Gasteiger partial charge in [0.05, 0.1) is 23.4 Å².